The van der Waals surface area contributed by atoms with Crippen LogP contribution < -0.4 is 4.74 Å². The topological polar surface area (TPSA) is 103 Å². The summed E-state index contributed by atoms with van der Waals surface area (Å²) in [4.78, 5) is 24.2. The maximum Gasteiger partial charge on any atom is 0.354 e. The van der Waals surface area contributed by atoms with Crippen LogP contribution in [0.4, 0.5) is 10.1 Å². The summed E-state index contributed by atoms with van der Waals surface area (Å²) in [6.07, 6.45) is 1.30. The molecule has 0 radical (unpaired) electrons. The van der Waals surface area contributed by atoms with Crippen LogP contribution in [0.3, 0.4) is 0 Å². The first-order chi connectivity index (χ1) is 9.97. The van der Waals surface area contributed by atoms with E-state index in [1.54, 1.807) is 0 Å². The van der Waals surface area contributed by atoms with Crippen LogP contribution in [-0.2, 0) is 6.61 Å². The Morgan fingerprint density at radius 3 is 2.76 bits per heavy atom. The number of nitrogens with zero attached hydrogens (tertiary/aromatic N) is 2. The number of benzene rings is 1. The minimum atomic E-state index is -1.18. The van der Waals surface area contributed by atoms with Gasteiger partial charge in [-0.25, -0.2) is 14.2 Å². The van der Waals surface area contributed by atoms with Crippen LogP contribution in [0.25, 0.3) is 0 Å². The molecule has 0 fully saturated rings. The second kappa shape index (κ2) is 5.95. The Morgan fingerprint density at radius 2 is 2.14 bits per heavy atom. The molecule has 108 valence electrons. The quantitative estimate of drug-likeness (QED) is 0.670. The summed E-state index contributed by atoms with van der Waals surface area (Å²) in [5, 5.41) is 19.3. The highest BCUT2D eigenvalue weighted by Crippen LogP contribution is 2.23. The lowest BCUT2D eigenvalue weighted by molar-refractivity contribution is -0.385. The first kappa shape index (κ1) is 14.4. The molecule has 0 unspecified atom stereocenters. The van der Waals surface area contributed by atoms with Gasteiger partial charge in [0, 0.05) is 12.3 Å². The third-order valence-corrected chi connectivity index (χ3v) is 2.56. The number of aromatic nitrogens is 1. The van der Waals surface area contributed by atoms with Gasteiger partial charge in [-0.1, -0.05) is 0 Å². The Balaban J connectivity index is 2.11. The molecule has 7 nitrogen and oxygen atoms in total. The van der Waals surface area contributed by atoms with Crippen molar-refractivity contribution in [2.45, 2.75) is 6.61 Å². The van der Waals surface area contributed by atoms with E-state index >= 15 is 0 Å². The van der Waals surface area contributed by atoms with Gasteiger partial charge in [-0.05, 0) is 23.8 Å². The Bertz CT molecular complexity index is 705. The van der Waals surface area contributed by atoms with Crippen LogP contribution in [0.5, 0.6) is 5.75 Å². The molecule has 0 aliphatic rings. The first-order valence-corrected chi connectivity index (χ1v) is 5.72. The van der Waals surface area contributed by atoms with E-state index in [2.05, 4.69) is 4.98 Å². The predicted molar refractivity (Wildman–Crippen MR) is 68.6 cm³/mol. The van der Waals surface area contributed by atoms with Crippen molar-refractivity contribution in [1.82, 2.24) is 4.98 Å². The number of halogens is 1. The zero-order valence-electron chi connectivity index (χ0n) is 10.5. The van der Waals surface area contributed by atoms with Crippen LogP contribution >= 0.6 is 0 Å². The minimum Gasteiger partial charge on any atom is -0.486 e. The van der Waals surface area contributed by atoms with Gasteiger partial charge in [0.05, 0.1) is 11.0 Å². The van der Waals surface area contributed by atoms with Crippen LogP contribution in [0, 0.1) is 15.9 Å². The summed E-state index contributed by atoms with van der Waals surface area (Å²) in [7, 11) is 0. The van der Waals surface area contributed by atoms with Gasteiger partial charge in [0.25, 0.3) is 5.69 Å². The van der Waals surface area contributed by atoms with E-state index < -0.39 is 16.7 Å². The van der Waals surface area contributed by atoms with Crippen LogP contribution in [0.2, 0.25) is 0 Å². The lowest BCUT2D eigenvalue weighted by Crippen LogP contribution is -2.03. The van der Waals surface area contributed by atoms with E-state index in [1.807, 2.05) is 0 Å². The smallest absolute Gasteiger partial charge is 0.354 e. The maximum absolute atomic E-state index is 13.6. The third-order valence-electron chi connectivity index (χ3n) is 2.56. The molecule has 21 heavy (non-hydrogen) atoms. The van der Waals surface area contributed by atoms with E-state index in [0.29, 0.717) is 5.56 Å². The number of nitro groups is 1. The average molecular weight is 292 g/mol. The van der Waals surface area contributed by atoms with Gasteiger partial charge in [-0.15, -0.1) is 0 Å². The summed E-state index contributed by atoms with van der Waals surface area (Å²) in [6, 6.07) is 5.84. The summed E-state index contributed by atoms with van der Waals surface area (Å²) >= 11 is 0. The van der Waals surface area contributed by atoms with Crippen LogP contribution in [0.15, 0.2) is 36.5 Å². The number of hydrogen-bond acceptors (Lipinski definition) is 5. The van der Waals surface area contributed by atoms with E-state index in [9.17, 15) is 19.3 Å². The maximum atomic E-state index is 13.6. The molecular formula is C13H9FN2O5. The number of ether oxygens (including phenoxy) is 1. The molecule has 2 aromatic rings. The van der Waals surface area contributed by atoms with Crippen LogP contribution in [0.1, 0.15) is 16.1 Å². The van der Waals surface area contributed by atoms with Crippen molar-refractivity contribution >= 4 is 11.7 Å². The van der Waals surface area contributed by atoms with Crippen molar-refractivity contribution in [2.24, 2.45) is 0 Å². The zero-order chi connectivity index (χ0) is 15.4. The Hall–Kier alpha value is -3.03. The number of carboxylic acids is 1. The standard InChI is InChI=1S/C13H9FN2O5/c14-10-6-9(16(19)20)1-2-12(10)21-7-8-3-4-15-11(5-8)13(17)18/h1-6H,7H2,(H,17,18). The molecule has 0 aliphatic carbocycles. The van der Waals surface area contributed by atoms with E-state index in [4.69, 9.17) is 9.84 Å². The SMILES string of the molecule is O=C(O)c1cc(COc2ccc([N+](=O)[O-])cc2F)ccn1. The predicted octanol–water partition coefficient (Wildman–Crippen LogP) is 2.41. The number of carboxylic acid groups (broad SMARTS) is 1. The summed E-state index contributed by atoms with van der Waals surface area (Å²) in [6.45, 7) is -0.0858. The third kappa shape index (κ3) is 3.50. The molecule has 1 heterocycles. The molecule has 0 saturated heterocycles. The first-order valence-electron chi connectivity index (χ1n) is 5.72. The molecule has 8 heteroatoms. The molecule has 0 bridgehead atoms. The van der Waals surface area contributed by atoms with Gasteiger partial charge in [-0.2, -0.15) is 0 Å². The van der Waals surface area contributed by atoms with E-state index in [1.165, 1.54) is 18.3 Å². The summed E-state index contributed by atoms with van der Waals surface area (Å²) in [5.41, 5.74) is -0.0441. The van der Waals surface area contributed by atoms with Crippen LogP contribution in [-0.4, -0.2) is 21.0 Å². The van der Waals surface area contributed by atoms with Gasteiger partial charge in [0.1, 0.15) is 12.3 Å². The summed E-state index contributed by atoms with van der Waals surface area (Å²) < 4.78 is 18.8. The van der Waals surface area contributed by atoms with E-state index in [-0.39, 0.29) is 23.7 Å². The number of hydrogen-bond donors (Lipinski definition) is 1. The van der Waals surface area contributed by atoms with Gasteiger partial charge >= 0.3 is 5.97 Å². The lowest BCUT2D eigenvalue weighted by Gasteiger charge is -2.07. The van der Waals surface area contributed by atoms with Crippen molar-refractivity contribution in [3.8, 4) is 5.75 Å². The second-order valence-electron chi connectivity index (χ2n) is 4.01. The highest BCUT2D eigenvalue weighted by Gasteiger charge is 2.12. The molecular weight excluding hydrogens is 283 g/mol. The lowest BCUT2D eigenvalue weighted by atomic mass is 10.2. The molecule has 2 rings (SSSR count). The van der Waals surface area contributed by atoms with E-state index in [0.717, 1.165) is 18.2 Å². The van der Waals surface area contributed by atoms with Gasteiger partial charge < -0.3 is 9.84 Å². The number of nitro benzene ring substituents is 1. The summed E-state index contributed by atoms with van der Waals surface area (Å²) in [5.74, 6) is -2.20. The molecule has 1 N–H and O–H groups in total. The minimum absolute atomic E-state index is 0.0858. The Labute approximate surface area is 117 Å². The number of aromatic carboxylic acids is 1. The second-order valence-corrected chi connectivity index (χ2v) is 4.01. The molecule has 1 aromatic carbocycles. The highest BCUT2D eigenvalue weighted by atomic mass is 19.1. The number of rotatable bonds is 5. The van der Waals surface area contributed by atoms with Crippen molar-refractivity contribution in [1.29, 1.82) is 0 Å². The zero-order valence-corrected chi connectivity index (χ0v) is 10.5. The molecule has 1 aromatic heterocycles. The number of carbonyl (C=O) groups is 1. The number of non-ortho nitro benzene ring substituents is 1. The monoisotopic (exact) mass is 292 g/mol. The fourth-order valence-electron chi connectivity index (χ4n) is 1.56. The highest BCUT2D eigenvalue weighted by molar-refractivity contribution is 5.85. The van der Waals surface area contributed by atoms with Crippen molar-refractivity contribution in [2.75, 3.05) is 0 Å². The number of pyridine rings is 1. The molecule has 0 aliphatic heterocycles. The molecule has 0 amide bonds. The Morgan fingerprint density at radius 1 is 1.38 bits per heavy atom. The fourth-order valence-corrected chi connectivity index (χ4v) is 1.56. The normalized spacial score (nSPS) is 10.1. The Kier molecular flexibility index (Phi) is 4.07. The average Bonchev–Trinajstić information content (AvgIpc) is 2.46. The molecule has 0 spiro atoms. The van der Waals surface area contributed by atoms with Gasteiger partial charge in [0.15, 0.2) is 11.6 Å². The molecule has 0 atom stereocenters. The largest absolute Gasteiger partial charge is 0.486 e. The van der Waals surface area contributed by atoms with Gasteiger partial charge in [-0.3, -0.25) is 10.1 Å². The fraction of sp³-hybridized carbons (Fsp3) is 0.0769. The van der Waals surface area contributed by atoms with Crippen molar-refractivity contribution < 1.29 is 24.0 Å². The van der Waals surface area contributed by atoms with Crippen molar-refractivity contribution in [3.63, 3.8) is 0 Å². The van der Waals surface area contributed by atoms with Crippen molar-refractivity contribution in [3.05, 3.63) is 63.7 Å². The molecule has 0 saturated carbocycles. The van der Waals surface area contributed by atoms with Gasteiger partial charge in [0.2, 0.25) is 0 Å².